The van der Waals surface area contributed by atoms with Gasteiger partial charge in [0, 0.05) is 31.8 Å². The molecule has 0 aliphatic carbocycles. The molecule has 1 atom stereocenters. The van der Waals surface area contributed by atoms with E-state index in [0.29, 0.717) is 19.5 Å². The molecule has 2 aromatic carbocycles. The van der Waals surface area contributed by atoms with Gasteiger partial charge >= 0.3 is 0 Å². The van der Waals surface area contributed by atoms with Gasteiger partial charge in [-0.1, -0.05) is 24.3 Å². The first-order valence-corrected chi connectivity index (χ1v) is 10.9. The highest BCUT2D eigenvalue weighted by Gasteiger charge is 2.41. The van der Waals surface area contributed by atoms with Gasteiger partial charge in [-0.2, -0.15) is 4.31 Å². The van der Waals surface area contributed by atoms with Gasteiger partial charge < -0.3 is 4.90 Å². The van der Waals surface area contributed by atoms with Gasteiger partial charge in [-0.3, -0.25) is 14.9 Å². The Kier molecular flexibility index (Phi) is 5.10. The maximum Gasteiger partial charge on any atom is 0.269 e. The lowest BCUT2D eigenvalue weighted by Gasteiger charge is -2.36. The van der Waals surface area contributed by atoms with Gasteiger partial charge in [0.2, 0.25) is 15.9 Å². The number of hydrogen-bond acceptors (Lipinski definition) is 5. The Bertz CT molecular complexity index is 1050. The van der Waals surface area contributed by atoms with Gasteiger partial charge in [0.15, 0.2) is 0 Å². The Hall–Kier alpha value is -2.78. The fourth-order valence-corrected chi connectivity index (χ4v) is 5.55. The van der Waals surface area contributed by atoms with Crippen molar-refractivity contribution >= 4 is 21.6 Å². The number of carbonyl (C=O) groups is 1. The molecule has 1 amide bonds. The van der Waals surface area contributed by atoms with E-state index < -0.39 is 21.0 Å². The molecule has 0 saturated carbocycles. The number of nitro groups is 1. The molecular weight excluding hydrogens is 394 g/mol. The summed E-state index contributed by atoms with van der Waals surface area (Å²) in [5.41, 5.74) is 1.65. The van der Waals surface area contributed by atoms with Gasteiger partial charge in [-0.25, -0.2) is 8.42 Å². The minimum absolute atomic E-state index is 0.0540. The number of amides is 1. The smallest absolute Gasteiger partial charge is 0.269 e. The van der Waals surface area contributed by atoms with Crippen LogP contribution in [0.4, 0.5) is 5.69 Å². The van der Waals surface area contributed by atoms with Crippen LogP contribution in [0.25, 0.3) is 0 Å². The van der Waals surface area contributed by atoms with Crippen molar-refractivity contribution in [3.05, 3.63) is 69.8 Å². The highest BCUT2D eigenvalue weighted by atomic mass is 32.2. The molecule has 2 aliphatic rings. The molecule has 0 unspecified atom stereocenters. The van der Waals surface area contributed by atoms with E-state index in [1.165, 1.54) is 28.6 Å². The van der Waals surface area contributed by atoms with Crippen LogP contribution in [-0.4, -0.2) is 47.6 Å². The van der Waals surface area contributed by atoms with E-state index in [4.69, 9.17) is 0 Å². The summed E-state index contributed by atoms with van der Waals surface area (Å²) in [5.74, 6) is -0.178. The topological polar surface area (TPSA) is 101 Å². The maximum atomic E-state index is 13.4. The minimum Gasteiger partial charge on any atom is -0.341 e. The summed E-state index contributed by atoms with van der Waals surface area (Å²) in [6.07, 6.45) is 2.16. The van der Waals surface area contributed by atoms with Crippen LogP contribution in [0.5, 0.6) is 0 Å². The number of non-ortho nitro benzene ring substituents is 1. The van der Waals surface area contributed by atoms with Gasteiger partial charge in [0.25, 0.3) is 5.69 Å². The lowest BCUT2D eigenvalue weighted by molar-refractivity contribution is -0.384. The SMILES string of the molecule is O=C([C@H]1Cc2ccccc2CN1S(=O)(=O)c1ccc([N+](=O)[O-])cc1)N1CCCC1. The van der Waals surface area contributed by atoms with Crippen LogP contribution in [-0.2, 0) is 27.8 Å². The average Bonchev–Trinajstić information content (AvgIpc) is 3.27. The molecule has 152 valence electrons. The zero-order valence-corrected chi connectivity index (χ0v) is 16.5. The molecule has 0 radical (unpaired) electrons. The van der Waals surface area contributed by atoms with Crippen LogP contribution >= 0.6 is 0 Å². The number of nitrogens with zero attached hydrogens (tertiary/aromatic N) is 3. The Labute approximate surface area is 168 Å². The molecule has 4 rings (SSSR count). The standard InChI is InChI=1S/C20H21N3O5S/c24-20(21-11-3-4-12-21)19-13-15-5-1-2-6-16(15)14-22(19)29(27,28)18-9-7-17(8-10-18)23(25)26/h1-2,5-10,19H,3-4,11-14H2/t19-/m1/s1. The van der Waals surface area contributed by atoms with Crippen LogP contribution in [0.3, 0.4) is 0 Å². The third kappa shape index (κ3) is 3.63. The van der Waals surface area contributed by atoms with E-state index in [9.17, 15) is 23.3 Å². The van der Waals surface area contributed by atoms with Crippen molar-refractivity contribution in [3.8, 4) is 0 Å². The summed E-state index contributed by atoms with van der Waals surface area (Å²) in [6, 6.07) is 11.5. The van der Waals surface area contributed by atoms with Crippen LogP contribution in [0.1, 0.15) is 24.0 Å². The van der Waals surface area contributed by atoms with Gasteiger partial charge in [-0.15, -0.1) is 0 Å². The van der Waals surface area contributed by atoms with E-state index in [1.807, 2.05) is 24.3 Å². The minimum atomic E-state index is -4.01. The first-order valence-electron chi connectivity index (χ1n) is 9.50. The molecule has 0 spiro atoms. The second-order valence-corrected chi connectivity index (χ2v) is 9.21. The Morgan fingerprint density at radius 3 is 2.24 bits per heavy atom. The Morgan fingerprint density at radius 1 is 1.00 bits per heavy atom. The van der Waals surface area contributed by atoms with Crippen molar-refractivity contribution in [3.63, 3.8) is 0 Å². The average molecular weight is 415 g/mol. The fourth-order valence-electron chi connectivity index (χ4n) is 3.99. The summed E-state index contributed by atoms with van der Waals surface area (Å²) in [7, 11) is -4.01. The summed E-state index contributed by atoms with van der Waals surface area (Å²) in [4.78, 5) is 25.2. The van der Waals surface area contributed by atoms with E-state index >= 15 is 0 Å². The van der Waals surface area contributed by atoms with Gasteiger partial charge in [-0.05, 0) is 42.5 Å². The van der Waals surface area contributed by atoms with Crippen molar-refractivity contribution in [1.82, 2.24) is 9.21 Å². The maximum absolute atomic E-state index is 13.4. The van der Waals surface area contributed by atoms with Crippen molar-refractivity contribution in [2.24, 2.45) is 0 Å². The summed E-state index contributed by atoms with van der Waals surface area (Å²) in [5, 5.41) is 10.9. The summed E-state index contributed by atoms with van der Waals surface area (Å²) < 4.78 is 28.0. The fraction of sp³-hybridized carbons (Fsp3) is 0.350. The van der Waals surface area contributed by atoms with E-state index in [-0.39, 0.29) is 23.0 Å². The van der Waals surface area contributed by atoms with Crippen molar-refractivity contribution in [2.75, 3.05) is 13.1 Å². The summed E-state index contributed by atoms with van der Waals surface area (Å²) >= 11 is 0. The highest BCUT2D eigenvalue weighted by Crippen LogP contribution is 2.31. The highest BCUT2D eigenvalue weighted by molar-refractivity contribution is 7.89. The second kappa shape index (κ2) is 7.57. The number of carbonyl (C=O) groups excluding carboxylic acids is 1. The van der Waals surface area contributed by atoms with Crippen molar-refractivity contribution < 1.29 is 18.1 Å². The number of hydrogen-bond donors (Lipinski definition) is 0. The second-order valence-electron chi connectivity index (χ2n) is 7.32. The molecule has 2 aliphatic heterocycles. The molecule has 9 heteroatoms. The monoisotopic (exact) mass is 415 g/mol. The number of rotatable bonds is 4. The van der Waals surface area contributed by atoms with Crippen LogP contribution < -0.4 is 0 Å². The molecule has 2 aromatic rings. The first kappa shape index (κ1) is 19.5. The van der Waals surface area contributed by atoms with Gasteiger partial charge in [0.05, 0.1) is 9.82 Å². The molecule has 0 aromatic heterocycles. The molecule has 0 N–H and O–H groups in total. The zero-order valence-electron chi connectivity index (χ0n) is 15.7. The number of likely N-dealkylation sites (tertiary alicyclic amines) is 1. The summed E-state index contributed by atoms with van der Waals surface area (Å²) in [6.45, 7) is 1.38. The number of nitro benzene ring substituents is 1. The van der Waals surface area contributed by atoms with Gasteiger partial charge in [0.1, 0.15) is 6.04 Å². The lowest BCUT2D eigenvalue weighted by atomic mass is 9.95. The van der Waals surface area contributed by atoms with Crippen LogP contribution in [0, 0.1) is 10.1 Å². The molecule has 1 saturated heterocycles. The van der Waals surface area contributed by atoms with Crippen molar-refractivity contribution in [1.29, 1.82) is 0 Å². The number of fused-ring (bicyclic) bond motifs is 1. The Morgan fingerprint density at radius 2 is 1.62 bits per heavy atom. The molecule has 2 heterocycles. The molecule has 8 nitrogen and oxygen atoms in total. The zero-order chi connectivity index (χ0) is 20.6. The quantitative estimate of drug-likeness (QED) is 0.563. The number of benzene rings is 2. The van der Waals surface area contributed by atoms with Crippen molar-refractivity contribution in [2.45, 2.75) is 36.7 Å². The molecular formula is C20H21N3O5S. The molecule has 1 fully saturated rings. The Balaban J connectivity index is 1.72. The predicted molar refractivity (Wildman–Crippen MR) is 106 cm³/mol. The van der Waals surface area contributed by atoms with Crippen LogP contribution in [0.15, 0.2) is 53.4 Å². The van der Waals surface area contributed by atoms with E-state index in [0.717, 1.165) is 24.0 Å². The van der Waals surface area contributed by atoms with Crippen LogP contribution in [0.2, 0.25) is 0 Å². The normalized spacial score (nSPS) is 19.7. The predicted octanol–water partition coefficient (Wildman–Crippen LogP) is 2.33. The first-order chi connectivity index (χ1) is 13.9. The lowest BCUT2D eigenvalue weighted by Crippen LogP contribution is -2.53. The van der Waals surface area contributed by atoms with E-state index in [2.05, 4.69) is 0 Å². The largest absolute Gasteiger partial charge is 0.341 e. The molecule has 0 bridgehead atoms. The third-order valence-corrected chi connectivity index (χ3v) is 7.43. The van der Waals surface area contributed by atoms with E-state index in [1.54, 1.807) is 4.90 Å². The number of sulfonamides is 1. The third-order valence-electron chi connectivity index (χ3n) is 5.56. The molecule has 29 heavy (non-hydrogen) atoms.